The molecule has 2 amide bonds. The summed E-state index contributed by atoms with van der Waals surface area (Å²) in [6, 6.07) is 8.71. The molecule has 0 radical (unpaired) electrons. The smallest absolute Gasteiger partial charge is 0.253 e. The zero-order valence-electron chi connectivity index (χ0n) is 16.7. The number of amides is 2. The van der Waals surface area contributed by atoms with Crippen LogP contribution in [0.3, 0.4) is 0 Å². The molecule has 1 heterocycles. The molecular formula is C20H20FN5O4S. The fourth-order valence-electron chi connectivity index (χ4n) is 2.85. The summed E-state index contributed by atoms with van der Waals surface area (Å²) in [5, 5.41) is 5.17. The van der Waals surface area contributed by atoms with Gasteiger partial charge in [0.25, 0.3) is 5.91 Å². The van der Waals surface area contributed by atoms with Gasteiger partial charge in [-0.3, -0.25) is 14.3 Å². The van der Waals surface area contributed by atoms with Crippen LogP contribution in [0.15, 0.2) is 55.1 Å². The maximum Gasteiger partial charge on any atom is 0.253 e. The van der Waals surface area contributed by atoms with E-state index in [2.05, 4.69) is 20.3 Å². The Kier molecular flexibility index (Phi) is 6.35. The van der Waals surface area contributed by atoms with Crippen LogP contribution in [-0.4, -0.2) is 36.0 Å². The molecule has 0 aliphatic heterocycles. The topological polar surface area (TPSA) is 122 Å². The van der Waals surface area contributed by atoms with Crippen molar-refractivity contribution in [3.8, 4) is 5.69 Å². The van der Waals surface area contributed by atoms with Crippen LogP contribution >= 0.6 is 0 Å². The van der Waals surface area contributed by atoms with E-state index in [1.807, 2.05) is 0 Å². The number of anilines is 2. The van der Waals surface area contributed by atoms with Crippen molar-refractivity contribution < 1.29 is 22.4 Å². The molecule has 31 heavy (non-hydrogen) atoms. The van der Waals surface area contributed by atoms with Gasteiger partial charge in [-0.1, -0.05) is 6.07 Å². The minimum Gasteiger partial charge on any atom is -0.348 e. The second-order valence-electron chi connectivity index (χ2n) is 6.75. The maximum absolute atomic E-state index is 14.4. The number of nitrogens with zero attached hydrogens (tertiary/aromatic N) is 2. The highest BCUT2D eigenvalue weighted by Crippen LogP contribution is 2.22. The van der Waals surface area contributed by atoms with E-state index in [9.17, 15) is 22.4 Å². The van der Waals surface area contributed by atoms with E-state index in [0.29, 0.717) is 16.9 Å². The molecule has 2 aromatic carbocycles. The van der Waals surface area contributed by atoms with Gasteiger partial charge in [-0.05, 0) is 35.9 Å². The lowest BCUT2D eigenvalue weighted by Crippen LogP contribution is -2.25. The molecule has 0 aliphatic carbocycles. The summed E-state index contributed by atoms with van der Waals surface area (Å²) >= 11 is 0. The summed E-state index contributed by atoms with van der Waals surface area (Å²) < 4.78 is 41.4. The molecule has 0 saturated carbocycles. The molecule has 0 unspecified atom stereocenters. The van der Waals surface area contributed by atoms with Crippen LogP contribution < -0.4 is 15.4 Å². The summed E-state index contributed by atoms with van der Waals surface area (Å²) in [5.74, 6) is -1.43. The molecule has 0 atom stereocenters. The standard InChI is InChI=1S/C20H20FN5O4S/c1-13(27)24-15-4-5-18(25-31(2,29)30)16(10-15)20(28)23-11-14-3-6-19(17(21)9-14)26-8-7-22-12-26/h3-10,12,25H,11H2,1-2H3,(H,23,28)(H,24,27). The Morgan fingerprint density at radius 1 is 1.16 bits per heavy atom. The van der Waals surface area contributed by atoms with E-state index >= 15 is 0 Å². The van der Waals surface area contributed by atoms with Gasteiger partial charge >= 0.3 is 0 Å². The summed E-state index contributed by atoms with van der Waals surface area (Å²) in [5.41, 5.74) is 1.20. The van der Waals surface area contributed by atoms with Crippen molar-refractivity contribution in [3.05, 3.63) is 72.1 Å². The van der Waals surface area contributed by atoms with Gasteiger partial charge in [0.15, 0.2) is 0 Å². The van der Waals surface area contributed by atoms with Crippen LogP contribution in [0.2, 0.25) is 0 Å². The molecule has 3 N–H and O–H groups in total. The number of carbonyl (C=O) groups is 2. The number of hydrogen-bond donors (Lipinski definition) is 3. The molecule has 162 valence electrons. The van der Waals surface area contributed by atoms with Crippen LogP contribution in [0.4, 0.5) is 15.8 Å². The van der Waals surface area contributed by atoms with Crippen molar-refractivity contribution in [1.29, 1.82) is 0 Å². The summed E-state index contributed by atoms with van der Waals surface area (Å²) in [6.45, 7) is 1.31. The number of rotatable bonds is 7. The molecule has 0 saturated heterocycles. The molecule has 3 rings (SSSR count). The monoisotopic (exact) mass is 445 g/mol. The number of sulfonamides is 1. The fraction of sp³-hybridized carbons (Fsp3) is 0.150. The molecule has 0 aliphatic rings. The van der Waals surface area contributed by atoms with E-state index in [0.717, 1.165) is 6.26 Å². The van der Waals surface area contributed by atoms with E-state index in [-0.39, 0.29) is 23.7 Å². The maximum atomic E-state index is 14.4. The number of carbonyl (C=O) groups excluding carboxylic acids is 2. The fourth-order valence-corrected chi connectivity index (χ4v) is 3.43. The third kappa shape index (κ3) is 5.89. The van der Waals surface area contributed by atoms with Crippen molar-refractivity contribution in [3.63, 3.8) is 0 Å². The number of halogens is 1. The van der Waals surface area contributed by atoms with Gasteiger partial charge in [0.2, 0.25) is 15.9 Å². The predicted octanol–water partition coefficient (Wildman–Crippen LogP) is 2.27. The van der Waals surface area contributed by atoms with Crippen molar-refractivity contribution in [1.82, 2.24) is 14.9 Å². The molecule has 11 heteroatoms. The van der Waals surface area contributed by atoms with Gasteiger partial charge in [0.1, 0.15) is 5.82 Å². The molecule has 3 aromatic rings. The van der Waals surface area contributed by atoms with Crippen molar-refractivity contribution >= 4 is 33.2 Å². The van der Waals surface area contributed by atoms with Gasteiger partial charge in [0, 0.05) is 31.5 Å². The van der Waals surface area contributed by atoms with Crippen molar-refractivity contribution in [2.24, 2.45) is 0 Å². The Balaban J connectivity index is 1.80. The Bertz CT molecular complexity index is 1230. The van der Waals surface area contributed by atoms with Crippen LogP contribution in [0.5, 0.6) is 0 Å². The van der Waals surface area contributed by atoms with Gasteiger partial charge in [0.05, 0.1) is 29.5 Å². The zero-order valence-corrected chi connectivity index (χ0v) is 17.5. The number of hydrogen-bond acceptors (Lipinski definition) is 5. The zero-order chi connectivity index (χ0) is 22.6. The average Bonchev–Trinajstić information content (AvgIpc) is 3.20. The van der Waals surface area contributed by atoms with E-state index in [1.165, 1.54) is 48.3 Å². The van der Waals surface area contributed by atoms with E-state index in [1.54, 1.807) is 18.3 Å². The highest BCUT2D eigenvalue weighted by molar-refractivity contribution is 7.92. The minimum atomic E-state index is -3.64. The molecular weight excluding hydrogens is 425 g/mol. The van der Waals surface area contributed by atoms with E-state index in [4.69, 9.17) is 0 Å². The van der Waals surface area contributed by atoms with Crippen molar-refractivity contribution in [2.45, 2.75) is 13.5 Å². The third-order valence-corrected chi connectivity index (χ3v) is 4.72. The van der Waals surface area contributed by atoms with Gasteiger partial charge in [-0.15, -0.1) is 0 Å². The summed E-state index contributed by atoms with van der Waals surface area (Å²) in [6.07, 6.45) is 5.57. The normalized spacial score (nSPS) is 11.1. The molecule has 9 nitrogen and oxygen atoms in total. The minimum absolute atomic E-state index is 0.00262. The first kappa shape index (κ1) is 22.0. The lowest BCUT2D eigenvalue weighted by Gasteiger charge is -2.14. The Hall–Kier alpha value is -3.73. The van der Waals surface area contributed by atoms with Gasteiger partial charge in [-0.25, -0.2) is 17.8 Å². The quantitative estimate of drug-likeness (QED) is 0.515. The lowest BCUT2D eigenvalue weighted by molar-refractivity contribution is -0.114. The number of nitrogens with one attached hydrogen (secondary N) is 3. The first-order valence-corrected chi connectivity index (χ1v) is 11.0. The third-order valence-electron chi connectivity index (χ3n) is 4.13. The second-order valence-corrected chi connectivity index (χ2v) is 8.50. The highest BCUT2D eigenvalue weighted by atomic mass is 32.2. The largest absolute Gasteiger partial charge is 0.348 e. The molecule has 0 spiro atoms. The number of aromatic nitrogens is 2. The average molecular weight is 445 g/mol. The van der Waals surface area contributed by atoms with Crippen LogP contribution in [0, 0.1) is 5.82 Å². The Morgan fingerprint density at radius 3 is 2.55 bits per heavy atom. The SMILES string of the molecule is CC(=O)Nc1ccc(NS(C)(=O)=O)c(C(=O)NCc2ccc(-n3ccnc3)c(F)c2)c1. The van der Waals surface area contributed by atoms with Crippen LogP contribution in [0.25, 0.3) is 5.69 Å². The van der Waals surface area contributed by atoms with Crippen molar-refractivity contribution in [2.75, 3.05) is 16.3 Å². The Labute approximate surface area is 178 Å². The summed E-state index contributed by atoms with van der Waals surface area (Å²) in [4.78, 5) is 27.9. The number of benzene rings is 2. The van der Waals surface area contributed by atoms with Crippen LogP contribution in [0.1, 0.15) is 22.8 Å². The first-order chi connectivity index (χ1) is 14.6. The Morgan fingerprint density at radius 2 is 1.94 bits per heavy atom. The molecule has 0 fully saturated rings. The first-order valence-electron chi connectivity index (χ1n) is 9.07. The lowest BCUT2D eigenvalue weighted by atomic mass is 10.1. The number of imidazole rings is 1. The molecule has 1 aromatic heterocycles. The van der Waals surface area contributed by atoms with Crippen LogP contribution in [-0.2, 0) is 21.4 Å². The second kappa shape index (κ2) is 8.96. The predicted molar refractivity (Wildman–Crippen MR) is 114 cm³/mol. The van der Waals surface area contributed by atoms with Gasteiger partial charge in [-0.2, -0.15) is 0 Å². The summed E-state index contributed by atoms with van der Waals surface area (Å²) in [7, 11) is -3.64. The van der Waals surface area contributed by atoms with E-state index < -0.39 is 21.7 Å². The highest BCUT2D eigenvalue weighted by Gasteiger charge is 2.16. The van der Waals surface area contributed by atoms with Gasteiger partial charge < -0.3 is 15.2 Å². The molecule has 0 bridgehead atoms.